The van der Waals surface area contributed by atoms with Gasteiger partial charge in [0.2, 0.25) is 10.0 Å². The van der Waals surface area contributed by atoms with Crippen LogP contribution in [0.5, 0.6) is 0 Å². The third-order valence-corrected chi connectivity index (χ3v) is 5.63. The van der Waals surface area contributed by atoms with Crippen molar-refractivity contribution in [2.24, 2.45) is 5.92 Å². The number of rotatable bonds is 4. The number of carbonyl (C=O) groups is 1. The number of aryl methyl sites for hydroxylation is 1. The van der Waals surface area contributed by atoms with Crippen LogP contribution in [0.25, 0.3) is 0 Å². The zero-order valence-electron chi connectivity index (χ0n) is 11.6. The first kappa shape index (κ1) is 15.6. The summed E-state index contributed by atoms with van der Waals surface area (Å²) in [7, 11) is -3.73. The van der Waals surface area contributed by atoms with Crippen LogP contribution in [0.4, 0.5) is 5.69 Å². The molecule has 0 N–H and O–H groups in total. The summed E-state index contributed by atoms with van der Waals surface area (Å²) >= 11 is 0. The SMILES string of the molecule is Cc1cc([N+](=O)[O-])ccc1S(=O)(=O)N1CCCC(C=O)C1. The Labute approximate surface area is 122 Å². The highest BCUT2D eigenvalue weighted by atomic mass is 32.2. The van der Waals surface area contributed by atoms with Crippen LogP contribution in [0.2, 0.25) is 0 Å². The highest BCUT2D eigenvalue weighted by molar-refractivity contribution is 7.89. The largest absolute Gasteiger partial charge is 0.303 e. The van der Waals surface area contributed by atoms with E-state index in [1.165, 1.54) is 29.4 Å². The van der Waals surface area contributed by atoms with Crippen molar-refractivity contribution in [3.63, 3.8) is 0 Å². The lowest BCUT2D eigenvalue weighted by Gasteiger charge is -2.29. The third kappa shape index (κ3) is 3.11. The van der Waals surface area contributed by atoms with Gasteiger partial charge < -0.3 is 4.79 Å². The quantitative estimate of drug-likeness (QED) is 0.477. The highest BCUT2D eigenvalue weighted by Gasteiger charge is 2.31. The average Bonchev–Trinajstić information content (AvgIpc) is 2.46. The number of aldehydes is 1. The van der Waals surface area contributed by atoms with E-state index in [0.717, 1.165) is 6.29 Å². The molecule has 0 aliphatic carbocycles. The second kappa shape index (κ2) is 5.90. The highest BCUT2D eigenvalue weighted by Crippen LogP contribution is 2.27. The molecule has 8 heteroatoms. The number of sulfonamides is 1. The van der Waals surface area contributed by atoms with Gasteiger partial charge in [-0.15, -0.1) is 0 Å². The summed E-state index contributed by atoms with van der Waals surface area (Å²) in [5, 5.41) is 10.7. The molecule has 21 heavy (non-hydrogen) atoms. The van der Waals surface area contributed by atoms with Crippen molar-refractivity contribution >= 4 is 22.0 Å². The Kier molecular flexibility index (Phi) is 4.38. The zero-order valence-corrected chi connectivity index (χ0v) is 12.4. The smallest absolute Gasteiger partial charge is 0.269 e. The van der Waals surface area contributed by atoms with E-state index in [4.69, 9.17) is 0 Å². The molecule has 0 aromatic heterocycles. The van der Waals surface area contributed by atoms with Crippen LogP contribution in [0.3, 0.4) is 0 Å². The molecule has 0 bridgehead atoms. The lowest BCUT2D eigenvalue weighted by molar-refractivity contribution is -0.385. The summed E-state index contributed by atoms with van der Waals surface area (Å²) in [5.74, 6) is -0.285. The second-order valence-corrected chi connectivity index (χ2v) is 7.01. The van der Waals surface area contributed by atoms with Crippen molar-refractivity contribution in [3.8, 4) is 0 Å². The van der Waals surface area contributed by atoms with E-state index in [9.17, 15) is 23.3 Å². The van der Waals surface area contributed by atoms with Crippen molar-refractivity contribution < 1.29 is 18.1 Å². The third-order valence-electron chi connectivity index (χ3n) is 3.60. The standard InChI is InChI=1S/C13H16N2O5S/c1-10-7-12(15(17)18)4-5-13(10)21(19,20)14-6-2-3-11(8-14)9-16/h4-5,7,9,11H,2-3,6,8H2,1H3. The average molecular weight is 312 g/mol. The molecule has 1 heterocycles. The number of non-ortho nitro benzene ring substituents is 1. The maximum atomic E-state index is 12.6. The minimum atomic E-state index is -3.73. The predicted molar refractivity (Wildman–Crippen MR) is 75.4 cm³/mol. The number of nitro groups is 1. The molecular formula is C13H16N2O5S. The maximum Gasteiger partial charge on any atom is 0.269 e. The van der Waals surface area contributed by atoms with Gasteiger partial charge in [0.05, 0.1) is 9.82 Å². The van der Waals surface area contributed by atoms with Gasteiger partial charge in [-0.1, -0.05) is 0 Å². The number of benzene rings is 1. The molecule has 114 valence electrons. The second-order valence-electron chi connectivity index (χ2n) is 5.11. The van der Waals surface area contributed by atoms with Crippen LogP contribution in [-0.2, 0) is 14.8 Å². The van der Waals surface area contributed by atoms with E-state index in [1.807, 2.05) is 0 Å². The molecule has 1 unspecified atom stereocenters. The van der Waals surface area contributed by atoms with Crippen LogP contribution >= 0.6 is 0 Å². The van der Waals surface area contributed by atoms with Crippen molar-refractivity contribution in [1.82, 2.24) is 4.31 Å². The molecule has 0 spiro atoms. The van der Waals surface area contributed by atoms with Crippen LogP contribution in [0.1, 0.15) is 18.4 Å². The molecule has 1 aliphatic rings. The Bertz CT molecular complexity index is 671. The fraction of sp³-hybridized carbons (Fsp3) is 0.462. The zero-order chi connectivity index (χ0) is 15.6. The van der Waals surface area contributed by atoms with E-state index in [-0.39, 0.29) is 23.0 Å². The summed E-state index contributed by atoms with van der Waals surface area (Å²) in [5.41, 5.74) is 0.188. The molecule has 0 radical (unpaired) electrons. The summed E-state index contributed by atoms with van der Waals surface area (Å²) < 4.78 is 26.5. The summed E-state index contributed by atoms with van der Waals surface area (Å²) in [4.78, 5) is 21.1. The van der Waals surface area contributed by atoms with Crippen LogP contribution in [-0.4, -0.2) is 37.0 Å². The normalized spacial score (nSPS) is 20.1. The van der Waals surface area contributed by atoms with Gasteiger partial charge in [0.15, 0.2) is 0 Å². The van der Waals surface area contributed by atoms with Gasteiger partial charge in [-0.3, -0.25) is 10.1 Å². The van der Waals surface area contributed by atoms with Gasteiger partial charge in [0, 0.05) is 31.1 Å². The van der Waals surface area contributed by atoms with Gasteiger partial charge in [-0.25, -0.2) is 8.42 Å². The van der Waals surface area contributed by atoms with E-state index in [2.05, 4.69) is 0 Å². The monoisotopic (exact) mass is 312 g/mol. The van der Waals surface area contributed by atoms with E-state index < -0.39 is 14.9 Å². The van der Waals surface area contributed by atoms with Crippen LogP contribution < -0.4 is 0 Å². The molecular weight excluding hydrogens is 296 g/mol. The molecule has 1 aliphatic heterocycles. The van der Waals surface area contributed by atoms with Crippen molar-refractivity contribution in [3.05, 3.63) is 33.9 Å². The van der Waals surface area contributed by atoms with Gasteiger partial charge in [0.25, 0.3) is 5.69 Å². The number of hydrogen-bond acceptors (Lipinski definition) is 5. The van der Waals surface area contributed by atoms with E-state index in [0.29, 0.717) is 24.9 Å². The maximum absolute atomic E-state index is 12.6. The van der Waals surface area contributed by atoms with Gasteiger partial charge >= 0.3 is 0 Å². The number of nitro benzene ring substituents is 1. The van der Waals surface area contributed by atoms with Crippen LogP contribution in [0.15, 0.2) is 23.1 Å². The van der Waals surface area contributed by atoms with E-state index >= 15 is 0 Å². The number of nitrogens with zero attached hydrogens (tertiary/aromatic N) is 2. The minimum absolute atomic E-state index is 0.0552. The molecule has 7 nitrogen and oxygen atoms in total. The molecule has 1 saturated heterocycles. The van der Waals surface area contributed by atoms with Gasteiger partial charge in [-0.05, 0) is 31.4 Å². The van der Waals surface area contributed by atoms with Crippen molar-refractivity contribution in [2.45, 2.75) is 24.7 Å². The lowest BCUT2D eigenvalue weighted by Crippen LogP contribution is -2.40. The molecule has 0 saturated carbocycles. The Hall–Kier alpha value is -1.80. The topological polar surface area (TPSA) is 97.6 Å². The Balaban J connectivity index is 2.35. The lowest BCUT2D eigenvalue weighted by atomic mass is 10.0. The first-order valence-corrected chi connectivity index (χ1v) is 8.00. The summed E-state index contributed by atoms with van der Waals surface area (Å²) in [6.45, 7) is 2.06. The Morgan fingerprint density at radius 3 is 2.71 bits per heavy atom. The number of carbonyl (C=O) groups excluding carboxylic acids is 1. The van der Waals surface area contributed by atoms with Crippen molar-refractivity contribution in [2.75, 3.05) is 13.1 Å². The number of piperidine rings is 1. The minimum Gasteiger partial charge on any atom is -0.303 e. The molecule has 1 atom stereocenters. The molecule has 2 rings (SSSR count). The number of hydrogen-bond donors (Lipinski definition) is 0. The Morgan fingerprint density at radius 2 is 2.14 bits per heavy atom. The molecule has 1 aromatic carbocycles. The fourth-order valence-electron chi connectivity index (χ4n) is 2.48. The Morgan fingerprint density at radius 1 is 1.43 bits per heavy atom. The predicted octanol–water partition coefficient (Wildman–Crippen LogP) is 1.50. The molecule has 1 fully saturated rings. The van der Waals surface area contributed by atoms with Crippen LogP contribution in [0, 0.1) is 23.0 Å². The molecule has 0 amide bonds. The molecule has 1 aromatic rings. The van der Waals surface area contributed by atoms with E-state index in [1.54, 1.807) is 0 Å². The first-order chi connectivity index (χ1) is 9.86. The van der Waals surface area contributed by atoms with Crippen molar-refractivity contribution in [1.29, 1.82) is 0 Å². The summed E-state index contributed by atoms with van der Waals surface area (Å²) in [6.07, 6.45) is 2.10. The van der Waals surface area contributed by atoms with Gasteiger partial charge in [0.1, 0.15) is 6.29 Å². The first-order valence-electron chi connectivity index (χ1n) is 6.56. The summed E-state index contributed by atoms with van der Waals surface area (Å²) in [6, 6.07) is 3.68. The fourth-order valence-corrected chi connectivity index (χ4v) is 4.22. The van der Waals surface area contributed by atoms with Gasteiger partial charge in [-0.2, -0.15) is 4.31 Å².